The quantitative estimate of drug-likeness (QED) is 0.881. The summed E-state index contributed by atoms with van der Waals surface area (Å²) in [5, 5.41) is 0. The van der Waals surface area contributed by atoms with Crippen LogP contribution in [0.4, 0.5) is 10.1 Å². The van der Waals surface area contributed by atoms with Crippen molar-refractivity contribution >= 4 is 33.4 Å². The first kappa shape index (κ1) is 14.8. The lowest BCUT2D eigenvalue weighted by Gasteiger charge is -2.36. The highest BCUT2D eigenvalue weighted by Crippen LogP contribution is 2.28. The van der Waals surface area contributed by atoms with Gasteiger partial charge in [0.2, 0.25) is 5.91 Å². The standard InChI is InChI=1S/C13H15BrFN3O2/c1-8(19)17-2-4-18(5-3-17)11-7-9(14)6-10(15)12(11)13(16)20/h6-7H,2-5H2,1H3,(H2,16,20). The Morgan fingerprint density at radius 2 is 1.85 bits per heavy atom. The zero-order valence-corrected chi connectivity index (χ0v) is 12.6. The summed E-state index contributed by atoms with van der Waals surface area (Å²) in [5.41, 5.74) is 5.62. The number of nitrogens with zero attached hydrogens (tertiary/aromatic N) is 2. The van der Waals surface area contributed by atoms with E-state index in [0.717, 1.165) is 0 Å². The molecule has 1 saturated heterocycles. The number of nitrogens with two attached hydrogens (primary N) is 1. The molecule has 1 aliphatic rings. The van der Waals surface area contributed by atoms with Gasteiger partial charge in [0.25, 0.3) is 5.91 Å². The number of halogens is 2. The highest BCUT2D eigenvalue weighted by molar-refractivity contribution is 9.10. The molecule has 2 rings (SSSR count). The molecule has 0 radical (unpaired) electrons. The zero-order chi connectivity index (χ0) is 14.9. The molecule has 0 unspecified atom stereocenters. The summed E-state index contributed by atoms with van der Waals surface area (Å²) in [4.78, 5) is 26.3. The van der Waals surface area contributed by atoms with E-state index in [-0.39, 0.29) is 11.5 Å². The van der Waals surface area contributed by atoms with Gasteiger partial charge in [-0.3, -0.25) is 9.59 Å². The Balaban J connectivity index is 2.30. The molecule has 1 fully saturated rings. The van der Waals surface area contributed by atoms with E-state index in [1.165, 1.54) is 13.0 Å². The van der Waals surface area contributed by atoms with E-state index in [1.54, 1.807) is 11.0 Å². The van der Waals surface area contributed by atoms with Crippen LogP contribution in [-0.2, 0) is 4.79 Å². The van der Waals surface area contributed by atoms with Crippen LogP contribution in [0.5, 0.6) is 0 Å². The smallest absolute Gasteiger partial charge is 0.253 e. The number of piperazine rings is 1. The molecule has 1 aromatic carbocycles. The highest BCUT2D eigenvalue weighted by atomic mass is 79.9. The molecule has 0 aromatic heterocycles. The van der Waals surface area contributed by atoms with E-state index in [0.29, 0.717) is 36.3 Å². The average Bonchev–Trinajstić information content (AvgIpc) is 2.37. The lowest BCUT2D eigenvalue weighted by atomic mass is 10.1. The number of carbonyl (C=O) groups excluding carboxylic acids is 2. The summed E-state index contributed by atoms with van der Waals surface area (Å²) in [5.74, 6) is -1.42. The van der Waals surface area contributed by atoms with Crippen molar-refractivity contribution in [2.75, 3.05) is 31.1 Å². The van der Waals surface area contributed by atoms with Gasteiger partial charge >= 0.3 is 0 Å². The number of rotatable bonds is 2. The molecular weight excluding hydrogens is 329 g/mol. The van der Waals surface area contributed by atoms with Gasteiger partial charge in [0.05, 0.1) is 11.3 Å². The lowest BCUT2D eigenvalue weighted by molar-refractivity contribution is -0.129. The van der Waals surface area contributed by atoms with Crippen molar-refractivity contribution in [2.24, 2.45) is 5.73 Å². The predicted octanol–water partition coefficient (Wildman–Crippen LogP) is 1.36. The van der Waals surface area contributed by atoms with Crippen molar-refractivity contribution in [1.29, 1.82) is 0 Å². The van der Waals surface area contributed by atoms with Crippen molar-refractivity contribution in [3.8, 4) is 0 Å². The van der Waals surface area contributed by atoms with Crippen molar-refractivity contribution in [2.45, 2.75) is 6.92 Å². The van der Waals surface area contributed by atoms with Crippen LogP contribution in [0.3, 0.4) is 0 Å². The fourth-order valence-corrected chi connectivity index (χ4v) is 2.73. The molecule has 0 bridgehead atoms. The summed E-state index contributed by atoms with van der Waals surface area (Å²) in [6.45, 7) is 3.68. The first-order valence-electron chi connectivity index (χ1n) is 6.19. The maximum Gasteiger partial charge on any atom is 0.253 e. The third-order valence-corrected chi connectivity index (χ3v) is 3.80. The molecule has 20 heavy (non-hydrogen) atoms. The molecule has 0 spiro atoms. The average molecular weight is 344 g/mol. The number of hydrogen-bond acceptors (Lipinski definition) is 3. The molecule has 2 N–H and O–H groups in total. The maximum atomic E-state index is 13.9. The number of anilines is 1. The van der Waals surface area contributed by atoms with Crippen LogP contribution in [0.2, 0.25) is 0 Å². The van der Waals surface area contributed by atoms with Crippen LogP contribution in [0.15, 0.2) is 16.6 Å². The third-order valence-electron chi connectivity index (χ3n) is 3.35. The summed E-state index contributed by atoms with van der Waals surface area (Å²) in [6, 6.07) is 2.89. The van der Waals surface area contributed by atoms with Crippen molar-refractivity contribution < 1.29 is 14.0 Å². The number of hydrogen-bond donors (Lipinski definition) is 1. The Morgan fingerprint density at radius 3 is 2.35 bits per heavy atom. The molecule has 0 saturated carbocycles. The number of benzene rings is 1. The molecule has 1 aromatic rings. The van der Waals surface area contributed by atoms with Crippen LogP contribution >= 0.6 is 15.9 Å². The van der Waals surface area contributed by atoms with Gasteiger partial charge < -0.3 is 15.5 Å². The fourth-order valence-electron chi connectivity index (χ4n) is 2.32. The molecule has 0 atom stereocenters. The Kier molecular flexibility index (Phi) is 4.27. The summed E-state index contributed by atoms with van der Waals surface area (Å²) < 4.78 is 14.4. The van der Waals surface area contributed by atoms with E-state index in [1.807, 2.05) is 4.90 Å². The normalized spacial score (nSPS) is 15.3. The van der Waals surface area contributed by atoms with Crippen molar-refractivity contribution in [3.63, 3.8) is 0 Å². The first-order chi connectivity index (χ1) is 9.40. The van der Waals surface area contributed by atoms with Crippen LogP contribution in [0, 0.1) is 5.82 Å². The molecule has 7 heteroatoms. The molecule has 108 valence electrons. The van der Waals surface area contributed by atoms with E-state index in [4.69, 9.17) is 5.73 Å². The number of carbonyl (C=O) groups is 2. The fraction of sp³-hybridized carbons (Fsp3) is 0.385. The van der Waals surface area contributed by atoms with Gasteiger partial charge in [-0.15, -0.1) is 0 Å². The summed E-state index contributed by atoms with van der Waals surface area (Å²) in [7, 11) is 0. The van der Waals surface area contributed by atoms with Gasteiger partial charge in [-0.25, -0.2) is 4.39 Å². The van der Waals surface area contributed by atoms with Gasteiger partial charge in [0.15, 0.2) is 0 Å². The van der Waals surface area contributed by atoms with Crippen LogP contribution < -0.4 is 10.6 Å². The largest absolute Gasteiger partial charge is 0.367 e. The van der Waals surface area contributed by atoms with Crippen molar-refractivity contribution in [3.05, 3.63) is 28.0 Å². The van der Waals surface area contributed by atoms with Gasteiger partial charge in [0.1, 0.15) is 5.82 Å². The monoisotopic (exact) mass is 343 g/mol. The summed E-state index contributed by atoms with van der Waals surface area (Å²) in [6.07, 6.45) is 0. The second-order valence-electron chi connectivity index (χ2n) is 4.64. The van der Waals surface area contributed by atoms with E-state index < -0.39 is 11.7 Å². The van der Waals surface area contributed by atoms with Crippen molar-refractivity contribution in [1.82, 2.24) is 4.90 Å². The molecule has 1 heterocycles. The minimum Gasteiger partial charge on any atom is -0.367 e. The Morgan fingerprint density at radius 1 is 1.25 bits per heavy atom. The van der Waals surface area contributed by atoms with Gasteiger partial charge in [-0.05, 0) is 12.1 Å². The van der Waals surface area contributed by atoms with E-state index >= 15 is 0 Å². The zero-order valence-electron chi connectivity index (χ0n) is 11.0. The first-order valence-corrected chi connectivity index (χ1v) is 6.98. The molecule has 2 amide bonds. The summed E-state index contributed by atoms with van der Waals surface area (Å²) >= 11 is 3.21. The third kappa shape index (κ3) is 2.92. The number of primary amides is 1. The maximum absolute atomic E-state index is 13.9. The molecule has 5 nitrogen and oxygen atoms in total. The topological polar surface area (TPSA) is 66.6 Å². The minimum absolute atomic E-state index is 0.0141. The Bertz CT molecular complexity index is 557. The van der Waals surface area contributed by atoms with E-state index in [9.17, 15) is 14.0 Å². The van der Waals surface area contributed by atoms with Gasteiger partial charge in [-0.1, -0.05) is 15.9 Å². The number of amides is 2. The second-order valence-corrected chi connectivity index (χ2v) is 5.55. The van der Waals surface area contributed by atoms with E-state index in [2.05, 4.69) is 15.9 Å². The Labute approximate surface area is 124 Å². The molecule has 1 aliphatic heterocycles. The predicted molar refractivity (Wildman–Crippen MR) is 77.1 cm³/mol. The van der Waals surface area contributed by atoms with Crippen LogP contribution in [0.25, 0.3) is 0 Å². The van der Waals surface area contributed by atoms with Gasteiger partial charge in [-0.2, -0.15) is 0 Å². The SMILES string of the molecule is CC(=O)N1CCN(c2cc(Br)cc(F)c2C(N)=O)CC1. The lowest BCUT2D eigenvalue weighted by Crippen LogP contribution is -2.48. The Hall–Kier alpha value is -1.63. The molecular formula is C13H15BrFN3O2. The molecule has 0 aliphatic carbocycles. The van der Waals surface area contributed by atoms with Gasteiger partial charge in [0, 0.05) is 37.6 Å². The minimum atomic E-state index is -0.793. The second kappa shape index (κ2) is 5.78. The van der Waals surface area contributed by atoms with Crippen LogP contribution in [0.1, 0.15) is 17.3 Å². The highest BCUT2D eigenvalue weighted by Gasteiger charge is 2.24. The van der Waals surface area contributed by atoms with Crippen LogP contribution in [-0.4, -0.2) is 42.9 Å².